The number of nitrogens with zero attached hydrogens (tertiary/aromatic N) is 2. The van der Waals surface area contributed by atoms with E-state index in [1.54, 1.807) is 24.4 Å². The fourth-order valence-corrected chi connectivity index (χ4v) is 2.48. The lowest BCUT2D eigenvalue weighted by Gasteiger charge is -2.13. The third kappa shape index (κ3) is 2.32. The largest absolute Gasteiger partial charge is 0.274 e. The Morgan fingerprint density at radius 2 is 1.80 bits per heavy atom. The predicted molar refractivity (Wildman–Crippen MR) is 75.0 cm³/mol. The molecule has 4 nitrogen and oxygen atoms in total. The third-order valence-corrected chi connectivity index (χ3v) is 3.44. The van der Waals surface area contributed by atoms with Crippen LogP contribution >= 0.6 is 0 Å². The minimum absolute atomic E-state index is 0.155. The van der Waals surface area contributed by atoms with Gasteiger partial charge in [-0.1, -0.05) is 36.4 Å². The summed E-state index contributed by atoms with van der Waals surface area (Å²) in [5, 5.41) is 0. The topological polar surface area (TPSA) is 50.3 Å². The van der Waals surface area contributed by atoms with Crippen molar-refractivity contribution in [2.45, 2.75) is 12.8 Å². The summed E-state index contributed by atoms with van der Waals surface area (Å²) in [5.41, 5.74) is 1.07. The van der Waals surface area contributed by atoms with Gasteiger partial charge in [-0.05, 0) is 24.1 Å². The van der Waals surface area contributed by atoms with Gasteiger partial charge in [0.1, 0.15) is 5.82 Å². The van der Waals surface area contributed by atoms with Crippen LogP contribution < -0.4 is 4.90 Å². The van der Waals surface area contributed by atoms with Gasteiger partial charge in [-0.2, -0.15) is 0 Å². The number of hydrogen-bond donors (Lipinski definition) is 0. The zero-order valence-corrected chi connectivity index (χ0v) is 10.9. The highest BCUT2D eigenvalue weighted by atomic mass is 16.2. The van der Waals surface area contributed by atoms with Crippen LogP contribution in [0.25, 0.3) is 0 Å². The van der Waals surface area contributed by atoms with E-state index < -0.39 is 0 Å². The lowest BCUT2D eigenvalue weighted by Crippen LogP contribution is -2.31. The quantitative estimate of drug-likeness (QED) is 0.800. The molecule has 20 heavy (non-hydrogen) atoms. The summed E-state index contributed by atoms with van der Waals surface area (Å²) in [6, 6.07) is 15.0. The molecule has 0 bridgehead atoms. The zero-order valence-electron chi connectivity index (χ0n) is 10.9. The van der Waals surface area contributed by atoms with E-state index in [1.165, 1.54) is 4.90 Å². The van der Waals surface area contributed by atoms with Gasteiger partial charge < -0.3 is 0 Å². The van der Waals surface area contributed by atoms with Crippen LogP contribution in [0, 0.1) is 5.92 Å². The second kappa shape index (κ2) is 5.25. The van der Waals surface area contributed by atoms with Gasteiger partial charge >= 0.3 is 0 Å². The van der Waals surface area contributed by atoms with Crippen molar-refractivity contribution in [2.75, 3.05) is 4.90 Å². The fourth-order valence-electron chi connectivity index (χ4n) is 2.48. The van der Waals surface area contributed by atoms with Gasteiger partial charge in [0, 0.05) is 12.6 Å². The Kier molecular flexibility index (Phi) is 3.29. The Morgan fingerprint density at radius 1 is 1.05 bits per heavy atom. The molecule has 1 aromatic heterocycles. The van der Waals surface area contributed by atoms with Crippen molar-refractivity contribution in [1.82, 2.24) is 4.98 Å². The standard InChI is InChI=1S/C16H14N2O2/c19-15-11-13(10-12-6-2-1-3-7-12)16(20)18(15)14-8-4-5-9-17-14/h1-9,13H,10-11H2. The molecule has 1 aromatic carbocycles. The first kappa shape index (κ1) is 12.5. The van der Waals surface area contributed by atoms with E-state index in [-0.39, 0.29) is 24.2 Å². The Balaban J connectivity index is 1.81. The fraction of sp³-hybridized carbons (Fsp3) is 0.188. The Hall–Kier alpha value is -2.49. The maximum absolute atomic E-state index is 12.4. The molecule has 4 heteroatoms. The van der Waals surface area contributed by atoms with Gasteiger partial charge in [-0.3, -0.25) is 9.59 Å². The summed E-state index contributed by atoms with van der Waals surface area (Å²) >= 11 is 0. The predicted octanol–water partition coefficient (Wildman–Crippen LogP) is 2.20. The molecule has 1 atom stereocenters. The third-order valence-electron chi connectivity index (χ3n) is 3.44. The molecule has 1 saturated heterocycles. The molecule has 2 amide bonds. The van der Waals surface area contributed by atoms with Gasteiger partial charge in [-0.15, -0.1) is 0 Å². The first-order valence-corrected chi connectivity index (χ1v) is 6.57. The van der Waals surface area contributed by atoms with Gasteiger partial charge in [0.25, 0.3) is 0 Å². The molecular weight excluding hydrogens is 252 g/mol. The van der Waals surface area contributed by atoms with Crippen LogP contribution in [0.2, 0.25) is 0 Å². The molecule has 0 N–H and O–H groups in total. The highest BCUT2D eigenvalue weighted by molar-refractivity contribution is 6.20. The molecule has 1 aliphatic rings. The molecular formula is C16H14N2O2. The van der Waals surface area contributed by atoms with E-state index >= 15 is 0 Å². The average Bonchev–Trinajstić information content (AvgIpc) is 2.75. The van der Waals surface area contributed by atoms with E-state index in [2.05, 4.69) is 4.98 Å². The lowest BCUT2D eigenvalue weighted by molar-refractivity contribution is -0.122. The number of amides is 2. The number of carbonyl (C=O) groups is 2. The second-order valence-corrected chi connectivity index (χ2v) is 4.85. The van der Waals surface area contributed by atoms with E-state index in [9.17, 15) is 9.59 Å². The van der Waals surface area contributed by atoms with Crippen molar-refractivity contribution in [1.29, 1.82) is 0 Å². The number of pyridine rings is 1. The summed E-state index contributed by atoms with van der Waals surface area (Å²) in [6.45, 7) is 0. The van der Waals surface area contributed by atoms with Crippen LogP contribution in [0.1, 0.15) is 12.0 Å². The van der Waals surface area contributed by atoms with E-state index in [0.29, 0.717) is 12.2 Å². The van der Waals surface area contributed by atoms with Crippen LogP contribution in [0.4, 0.5) is 5.82 Å². The van der Waals surface area contributed by atoms with Crippen molar-refractivity contribution < 1.29 is 9.59 Å². The smallest absolute Gasteiger partial charge is 0.238 e. The molecule has 1 aliphatic heterocycles. The van der Waals surface area contributed by atoms with E-state index in [0.717, 1.165) is 5.56 Å². The SMILES string of the molecule is O=C1CC(Cc2ccccc2)C(=O)N1c1ccccn1. The molecule has 0 radical (unpaired) electrons. The van der Waals surface area contributed by atoms with E-state index in [1.807, 2.05) is 30.3 Å². The minimum atomic E-state index is -0.285. The zero-order chi connectivity index (χ0) is 13.9. The second-order valence-electron chi connectivity index (χ2n) is 4.85. The molecule has 2 aromatic rings. The average molecular weight is 266 g/mol. The van der Waals surface area contributed by atoms with E-state index in [4.69, 9.17) is 0 Å². The van der Waals surface area contributed by atoms with Gasteiger partial charge in [-0.25, -0.2) is 9.88 Å². The molecule has 2 heterocycles. The Morgan fingerprint density at radius 3 is 2.50 bits per heavy atom. The Bertz CT molecular complexity index is 625. The van der Waals surface area contributed by atoms with Crippen LogP contribution in [0.15, 0.2) is 54.7 Å². The maximum atomic E-state index is 12.4. The number of anilines is 1. The minimum Gasteiger partial charge on any atom is -0.274 e. The molecule has 1 unspecified atom stereocenters. The number of hydrogen-bond acceptors (Lipinski definition) is 3. The highest BCUT2D eigenvalue weighted by Crippen LogP contribution is 2.27. The number of benzene rings is 1. The monoisotopic (exact) mass is 266 g/mol. The number of rotatable bonds is 3. The van der Waals surface area contributed by atoms with Crippen LogP contribution in [0.5, 0.6) is 0 Å². The number of aromatic nitrogens is 1. The molecule has 100 valence electrons. The van der Waals surface area contributed by atoms with Gasteiger partial charge in [0.05, 0.1) is 5.92 Å². The first-order valence-electron chi connectivity index (χ1n) is 6.57. The normalized spacial score (nSPS) is 18.6. The summed E-state index contributed by atoms with van der Waals surface area (Å²) in [6.07, 6.45) is 2.43. The summed E-state index contributed by atoms with van der Waals surface area (Å²) in [7, 11) is 0. The molecule has 0 saturated carbocycles. The van der Waals surface area contributed by atoms with Crippen molar-refractivity contribution >= 4 is 17.6 Å². The molecule has 0 spiro atoms. The van der Waals surface area contributed by atoms with Crippen molar-refractivity contribution in [3.63, 3.8) is 0 Å². The van der Waals surface area contributed by atoms with Crippen molar-refractivity contribution in [3.8, 4) is 0 Å². The first-order chi connectivity index (χ1) is 9.75. The van der Waals surface area contributed by atoms with Crippen molar-refractivity contribution in [3.05, 3.63) is 60.3 Å². The summed E-state index contributed by atoms with van der Waals surface area (Å²) in [4.78, 5) is 29.7. The van der Waals surface area contributed by atoms with Gasteiger partial charge in [0.15, 0.2) is 0 Å². The molecule has 1 fully saturated rings. The van der Waals surface area contributed by atoms with Crippen LogP contribution in [-0.4, -0.2) is 16.8 Å². The maximum Gasteiger partial charge on any atom is 0.238 e. The summed E-state index contributed by atoms with van der Waals surface area (Å²) < 4.78 is 0. The van der Waals surface area contributed by atoms with Crippen molar-refractivity contribution in [2.24, 2.45) is 5.92 Å². The van der Waals surface area contributed by atoms with Crippen LogP contribution in [-0.2, 0) is 16.0 Å². The number of carbonyl (C=O) groups excluding carboxylic acids is 2. The Labute approximate surface area is 117 Å². The van der Waals surface area contributed by atoms with Crippen LogP contribution in [0.3, 0.4) is 0 Å². The molecule has 3 rings (SSSR count). The van der Waals surface area contributed by atoms with Gasteiger partial charge in [0.2, 0.25) is 11.8 Å². The highest BCUT2D eigenvalue weighted by Gasteiger charge is 2.39. The molecule has 0 aliphatic carbocycles. The summed E-state index contributed by atoms with van der Waals surface area (Å²) in [5.74, 6) is -0.197. The number of imide groups is 1. The lowest BCUT2D eigenvalue weighted by atomic mass is 9.98.